The lowest BCUT2D eigenvalue weighted by Crippen LogP contribution is -2.39. The van der Waals surface area contributed by atoms with Gasteiger partial charge in [0.05, 0.1) is 11.0 Å². The molecule has 1 heterocycles. The third kappa shape index (κ3) is 3.49. The van der Waals surface area contributed by atoms with Gasteiger partial charge < -0.3 is 11.1 Å². The van der Waals surface area contributed by atoms with Crippen LogP contribution in [0.25, 0.3) is 0 Å². The van der Waals surface area contributed by atoms with Crippen LogP contribution in [0.4, 0.5) is 4.39 Å². The van der Waals surface area contributed by atoms with Crippen LogP contribution in [0.1, 0.15) is 23.6 Å². The SMILES string of the molecule is Cc1cc(C(C(N)=S)N2CCCNCC2)ccc1F. The van der Waals surface area contributed by atoms with E-state index in [0.29, 0.717) is 10.6 Å². The zero-order valence-electron chi connectivity index (χ0n) is 11.2. The van der Waals surface area contributed by atoms with Crippen molar-refractivity contribution in [3.63, 3.8) is 0 Å². The largest absolute Gasteiger partial charge is 0.392 e. The molecule has 104 valence electrons. The zero-order chi connectivity index (χ0) is 13.8. The van der Waals surface area contributed by atoms with Crippen molar-refractivity contribution in [1.82, 2.24) is 10.2 Å². The number of rotatable bonds is 3. The van der Waals surface area contributed by atoms with Gasteiger partial charge in [0.15, 0.2) is 0 Å². The van der Waals surface area contributed by atoms with E-state index in [2.05, 4.69) is 10.2 Å². The lowest BCUT2D eigenvalue weighted by atomic mass is 10.0. The van der Waals surface area contributed by atoms with Crippen molar-refractivity contribution in [3.05, 3.63) is 35.1 Å². The van der Waals surface area contributed by atoms with Crippen molar-refractivity contribution < 1.29 is 4.39 Å². The molecular weight excluding hydrogens is 261 g/mol. The Bertz CT molecular complexity index is 456. The quantitative estimate of drug-likeness (QED) is 0.828. The maximum absolute atomic E-state index is 13.4. The summed E-state index contributed by atoms with van der Waals surface area (Å²) in [7, 11) is 0. The second-order valence-corrected chi connectivity index (χ2v) is 5.42. The summed E-state index contributed by atoms with van der Waals surface area (Å²) >= 11 is 5.22. The van der Waals surface area contributed by atoms with Crippen LogP contribution in [0.3, 0.4) is 0 Å². The number of thiocarbonyl (C=S) groups is 1. The Labute approximate surface area is 119 Å². The minimum Gasteiger partial charge on any atom is -0.392 e. The fourth-order valence-electron chi connectivity index (χ4n) is 2.52. The highest BCUT2D eigenvalue weighted by atomic mass is 32.1. The molecule has 0 aromatic heterocycles. The summed E-state index contributed by atoms with van der Waals surface area (Å²) < 4.78 is 13.4. The summed E-state index contributed by atoms with van der Waals surface area (Å²) in [5, 5.41) is 3.36. The van der Waals surface area contributed by atoms with Gasteiger partial charge in [-0.05, 0) is 37.1 Å². The molecular formula is C14H20FN3S. The molecule has 3 nitrogen and oxygen atoms in total. The minimum absolute atomic E-state index is 0.103. The average molecular weight is 281 g/mol. The van der Waals surface area contributed by atoms with E-state index in [1.807, 2.05) is 6.07 Å². The number of nitrogens with zero attached hydrogens (tertiary/aromatic N) is 1. The van der Waals surface area contributed by atoms with Crippen LogP contribution in [0.5, 0.6) is 0 Å². The third-order valence-corrected chi connectivity index (χ3v) is 3.73. The van der Waals surface area contributed by atoms with Crippen LogP contribution in [0.2, 0.25) is 0 Å². The van der Waals surface area contributed by atoms with Gasteiger partial charge in [0, 0.05) is 19.6 Å². The number of nitrogens with two attached hydrogens (primary N) is 1. The van der Waals surface area contributed by atoms with E-state index in [4.69, 9.17) is 18.0 Å². The van der Waals surface area contributed by atoms with E-state index in [-0.39, 0.29) is 11.9 Å². The fraction of sp³-hybridized carbons (Fsp3) is 0.500. The summed E-state index contributed by atoms with van der Waals surface area (Å²) in [5.74, 6) is -0.192. The minimum atomic E-state index is -0.192. The molecule has 0 bridgehead atoms. The molecule has 1 fully saturated rings. The average Bonchev–Trinajstić information content (AvgIpc) is 2.62. The Balaban J connectivity index is 2.27. The first-order chi connectivity index (χ1) is 9.09. The molecule has 1 saturated heterocycles. The summed E-state index contributed by atoms with van der Waals surface area (Å²) in [6, 6.07) is 5.02. The van der Waals surface area contributed by atoms with Gasteiger partial charge in [-0.1, -0.05) is 24.4 Å². The van der Waals surface area contributed by atoms with Gasteiger partial charge in [-0.2, -0.15) is 0 Å². The summed E-state index contributed by atoms with van der Waals surface area (Å²) in [5.41, 5.74) is 7.53. The van der Waals surface area contributed by atoms with Crippen LogP contribution < -0.4 is 11.1 Å². The molecule has 3 N–H and O–H groups in total. The maximum Gasteiger partial charge on any atom is 0.126 e. The number of nitrogens with one attached hydrogen (secondary N) is 1. The molecule has 1 atom stereocenters. The normalized spacial score (nSPS) is 18.8. The van der Waals surface area contributed by atoms with Gasteiger partial charge in [-0.15, -0.1) is 0 Å². The number of benzene rings is 1. The molecule has 1 aromatic rings. The monoisotopic (exact) mass is 281 g/mol. The van der Waals surface area contributed by atoms with E-state index in [9.17, 15) is 4.39 Å². The molecule has 1 aromatic carbocycles. The van der Waals surface area contributed by atoms with Crippen molar-refractivity contribution in [2.75, 3.05) is 26.2 Å². The predicted molar refractivity (Wildman–Crippen MR) is 79.7 cm³/mol. The van der Waals surface area contributed by atoms with Crippen LogP contribution in [0, 0.1) is 12.7 Å². The lowest BCUT2D eigenvalue weighted by molar-refractivity contribution is 0.261. The Hall–Kier alpha value is -1.04. The summed E-state index contributed by atoms with van der Waals surface area (Å²) in [4.78, 5) is 2.72. The standard InChI is InChI=1S/C14H20FN3S/c1-10-9-11(3-4-12(10)15)13(14(16)19)18-7-2-5-17-6-8-18/h3-4,9,13,17H,2,5-8H2,1H3,(H2,16,19). The molecule has 1 aliphatic rings. The molecule has 19 heavy (non-hydrogen) atoms. The first-order valence-electron chi connectivity index (χ1n) is 6.59. The van der Waals surface area contributed by atoms with Crippen molar-refractivity contribution in [2.45, 2.75) is 19.4 Å². The molecule has 2 rings (SSSR count). The first kappa shape index (κ1) is 14.4. The number of halogens is 1. The first-order valence-corrected chi connectivity index (χ1v) is 7.00. The summed E-state index contributed by atoms with van der Waals surface area (Å²) in [6.07, 6.45) is 1.07. The van der Waals surface area contributed by atoms with Gasteiger partial charge in [0.1, 0.15) is 5.82 Å². The van der Waals surface area contributed by atoms with Gasteiger partial charge in [-0.3, -0.25) is 4.90 Å². The topological polar surface area (TPSA) is 41.3 Å². The van der Waals surface area contributed by atoms with Crippen LogP contribution >= 0.6 is 12.2 Å². The van der Waals surface area contributed by atoms with E-state index in [1.54, 1.807) is 13.0 Å². The molecule has 1 aliphatic heterocycles. The second-order valence-electron chi connectivity index (χ2n) is 4.95. The van der Waals surface area contributed by atoms with E-state index < -0.39 is 0 Å². The molecule has 0 amide bonds. The van der Waals surface area contributed by atoms with Gasteiger partial charge in [0.2, 0.25) is 0 Å². The van der Waals surface area contributed by atoms with E-state index in [1.165, 1.54) is 6.07 Å². The molecule has 0 aliphatic carbocycles. The molecule has 0 saturated carbocycles. The highest BCUT2D eigenvalue weighted by molar-refractivity contribution is 7.80. The fourth-order valence-corrected chi connectivity index (χ4v) is 2.80. The number of hydrogen-bond donors (Lipinski definition) is 2. The van der Waals surface area contributed by atoms with Crippen LogP contribution in [0.15, 0.2) is 18.2 Å². The number of hydrogen-bond acceptors (Lipinski definition) is 3. The van der Waals surface area contributed by atoms with Crippen molar-refractivity contribution >= 4 is 17.2 Å². The molecule has 1 unspecified atom stereocenters. The molecule has 0 spiro atoms. The van der Waals surface area contributed by atoms with Gasteiger partial charge in [-0.25, -0.2) is 4.39 Å². The van der Waals surface area contributed by atoms with E-state index >= 15 is 0 Å². The van der Waals surface area contributed by atoms with Gasteiger partial charge >= 0.3 is 0 Å². The second kappa shape index (κ2) is 6.41. The summed E-state index contributed by atoms with van der Waals surface area (Å²) in [6.45, 7) is 5.56. The molecule has 5 heteroatoms. The van der Waals surface area contributed by atoms with Crippen LogP contribution in [-0.2, 0) is 0 Å². The highest BCUT2D eigenvalue weighted by Crippen LogP contribution is 2.23. The third-order valence-electron chi connectivity index (χ3n) is 3.51. The van der Waals surface area contributed by atoms with E-state index in [0.717, 1.165) is 38.2 Å². The van der Waals surface area contributed by atoms with Gasteiger partial charge in [0.25, 0.3) is 0 Å². The Kier molecular flexibility index (Phi) is 4.85. The Morgan fingerprint density at radius 2 is 2.21 bits per heavy atom. The maximum atomic E-state index is 13.4. The highest BCUT2D eigenvalue weighted by Gasteiger charge is 2.24. The van der Waals surface area contributed by atoms with Crippen LogP contribution in [-0.4, -0.2) is 36.1 Å². The number of aryl methyl sites for hydroxylation is 1. The predicted octanol–water partition coefficient (Wildman–Crippen LogP) is 1.76. The smallest absolute Gasteiger partial charge is 0.126 e. The van der Waals surface area contributed by atoms with Crippen molar-refractivity contribution in [2.24, 2.45) is 5.73 Å². The molecule has 0 radical (unpaired) electrons. The van der Waals surface area contributed by atoms with Crippen molar-refractivity contribution in [3.8, 4) is 0 Å². The Morgan fingerprint density at radius 1 is 1.42 bits per heavy atom. The lowest BCUT2D eigenvalue weighted by Gasteiger charge is -2.30. The van der Waals surface area contributed by atoms with Crippen molar-refractivity contribution in [1.29, 1.82) is 0 Å². The zero-order valence-corrected chi connectivity index (χ0v) is 12.0. The Morgan fingerprint density at radius 3 is 2.89 bits per heavy atom.